The Morgan fingerprint density at radius 2 is 1.50 bits per heavy atom. The van der Waals surface area contributed by atoms with Crippen molar-refractivity contribution in [3.8, 4) is 0 Å². The quantitative estimate of drug-likeness (QED) is 0.892. The lowest BCUT2D eigenvalue weighted by molar-refractivity contribution is 0.0605. The van der Waals surface area contributed by atoms with Crippen molar-refractivity contribution in [3.05, 3.63) is 70.5 Å². The molecule has 0 saturated heterocycles. The maximum absolute atomic E-state index is 12.9. The summed E-state index contributed by atoms with van der Waals surface area (Å²) in [6.45, 7) is 5.97. The van der Waals surface area contributed by atoms with Crippen LogP contribution in [0.2, 0.25) is 0 Å². The van der Waals surface area contributed by atoms with Crippen molar-refractivity contribution in [2.75, 3.05) is 0 Å². The van der Waals surface area contributed by atoms with Gasteiger partial charge in [0.15, 0.2) is 0 Å². The van der Waals surface area contributed by atoms with Crippen LogP contribution < -0.4 is 0 Å². The Morgan fingerprint density at radius 1 is 0.950 bits per heavy atom. The molecule has 0 bridgehead atoms. The van der Waals surface area contributed by atoms with Gasteiger partial charge in [0.05, 0.1) is 5.60 Å². The average Bonchev–Trinajstić information content (AvgIpc) is 2.37. The van der Waals surface area contributed by atoms with Gasteiger partial charge in [-0.1, -0.05) is 30.3 Å². The van der Waals surface area contributed by atoms with E-state index in [-0.39, 0.29) is 5.82 Å². The van der Waals surface area contributed by atoms with E-state index in [9.17, 15) is 9.50 Å². The van der Waals surface area contributed by atoms with Crippen LogP contribution in [-0.4, -0.2) is 10.7 Å². The van der Waals surface area contributed by atoms with Crippen molar-refractivity contribution in [1.29, 1.82) is 0 Å². The number of rotatable bonds is 4. The molecule has 0 heterocycles. The van der Waals surface area contributed by atoms with Crippen molar-refractivity contribution in [3.63, 3.8) is 0 Å². The molecule has 20 heavy (non-hydrogen) atoms. The molecule has 0 aromatic heterocycles. The van der Waals surface area contributed by atoms with Crippen LogP contribution in [0.3, 0.4) is 0 Å². The van der Waals surface area contributed by atoms with Crippen LogP contribution in [0.4, 0.5) is 4.39 Å². The van der Waals surface area contributed by atoms with Crippen LogP contribution in [0.25, 0.3) is 0 Å². The minimum absolute atomic E-state index is 0.247. The number of hydrogen-bond donors (Lipinski definition) is 1. The van der Waals surface area contributed by atoms with Gasteiger partial charge in [0.1, 0.15) is 5.82 Å². The van der Waals surface area contributed by atoms with E-state index in [0.717, 1.165) is 5.56 Å². The van der Waals surface area contributed by atoms with E-state index in [0.29, 0.717) is 12.8 Å². The smallest absolute Gasteiger partial charge is 0.123 e. The maximum Gasteiger partial charge on any atom is 0.123 e. The highest BCUT2D eigenvalue weighted by Gasteiger charge is 2.23. The van der Waals surface area contributed by atoms with Crippen LogP contribution in [0.15, 0.2) is 42.5 Å². The number of benzene rings is 2. The van der Waals surface area contributed by atoms with Crippen molar-refractivity contribution >= 4 is 0 Å². The number of aryl methyl sites for hydroxylation is 2. The fraction of sp³-hybridized carbons (Fsp3) is 0.333. The largest absolute Gasteiger partial charge is 0.389 e. The van der Waals surface area contributed by atoms with E-state index in [4.69, 9.17) is 0 Å². The van der Waals surface area contributed by atoms with Gasteiger partial charge in [-0.25, -0.2) is 4.39 Å². The predicted octanol–water partition coefficient (Wildman–Crippen LogP) is 3.98. The molecule has 2 rings (SSSR count). The molecule has 1 atom stereocenters. The molecule has 0 saturated carbocycles. The van der Waals surface area contributed by atoms with Crippen LogP contribution in [0, 0.1) is 19.7 Å². The first-order chi connectivity index (χ1) is 9.37. The topological polar surface area (TPSA) is 20.2 Å². The Balaban J connectivity index is 2.16. The molecular weight excluding hydrogens is 251 g/mol. The second-order valence-corrected chi connectivity index (χ2v) is 5.85. The molecule has 2 aromatic carbocycles. The predicted molar refractivity (Wildman–Crippen MR) is 80.3 cm³/mol. The number of halogens is 1. The molecule has 1 nitrogen and oxygen atoms in total. The van der Waals surface area contributed by atoms with E-state index in [1.807, 2.05) is 13.0 Å². The zero-order valence-electron chi connectivity index (χ0n) is 12.3. The molecule has 1 unspecified atom stereocenters. The summed E-state index contributed by atoms with van der Waals surface area (Å²) in [7, 11) is 0. The lowest BCUT2D eigenvalue weighted by Crippen LogP contribution is -2.30. The Hall–Kier alpha value is -1.67. The number of hydrogen-bond acceptors (Lipinski definition) is 1. The average molecular weight is 272 g/mol. The van der Waals surface area contributed by atoms with Crippen LogP contribution in [-0.2, 0) is 12.8 Å². The normalized spacial score (nSPS) is 14.1. The van der Waals surface area contributed by atoms with Gasteiger partial charge in [-0.2, -0.15) is 0 Å². The summed E-state index contributed by atoms with van der Waals surface area (Å²) < 4.78 is 12.9. The second-order valence-electron chi connectivity index (χ2n) is 5.85. The summed E-state index contributed by atoms with van der Waals surface area (Å²) in [5.74, 6) is -0.247. The summed E-state index contributed by atoms with van der Waals surface area (Å²) in [5, 5.41) is 10.6. The summed E-state index contributed by atoms with van der Waals surface area (Å²) in [6.07, 6.45) is 1.12. The summed E-state index contributed by atoms with van der Waals surface area (Å²) in [4.78, 5) is 0. The lowest BCUT2D eigenvalue weighted by atomic mass is 9.86. The van der Waals surface area contributed by atoms with Crippen LogP contribution >= 0.6 is 0 Å². The van der Waals surface area contributed by atoms with Crippen molar-refractivity contribution in [2.45, 2.75) is 39.2 Å². The van der Waals surface area contributed by atoms with Gasteiger partial charge in [0, 0.05) is 12.8 Å². The van der Waals surface area contributed by atoms with Crippen LogP contribution in [0.5, 0.6) is 0 Å². The monoisotopic (exact) mass is 272 g/mol. The molecule has 0 amide bonds. The van der Waals surface area contributed by atoms with Gasteiger partial charge in [0.25, 0.3) is 0 Å². The molecule has 1 N–H and O–H groups in total. The van der Waals surface area contributed by atoms with E-state index in [1.165, 1.54) is 28.8 Å². The Morgan fingerprint density at radius 3 is 2.05 bits per heavy atom. The van der Waals surface area contributed by atoms with E-state index in [1.54, 1.807) is 12.1 Å². The Labute approximate surface area is 120 Å². The van der Waals surface area contributed by atoms with Crippen molar-refractivity contribution in [1.82, 2.24) is 0 Å². The van der Waals surface area contributed by atoms with Gasteiger partial charge in [-0.05, 0) is 55.2 Å². The molecule has 0 aliphatic rings. The molecule has 2 heteroatoms. The zero-order valence-corrected chi connectivity index (χ0v) is 12.3. The fourth-order valence-corrected chi connectivity index (χ4v) is 2.61. The first-order valence-corrected chi connectivity index (χ1v) is 6.89. The molecule has 0 aliphatic carbocycles. The highest BCUT2D eigenvalue weighted by atomic mass is 19.1. The van der Waals surface area contributed by atoms with Gasteiger partial charge < -0.3 is 5.11 Å². The second kappa shape index (κ2) is 5.76. The fourth-order valence-electron chi connectivity index (χ4n) is 2.61. The SMILES string of the molecule is Cc1cccc(C)c1CC(C)(O)Cc1ccc(F)cc1. The van der Waals surface area contributed by atoms with Crippen molar-refractivity contribution < 1.29 is 9.50 Å². The molecule has 0 spiro atoms. The maximum atomic E-state index is 12.9. The van der Waals surface area contributed by atoms with Crippen molar-refractivity contribution in [2.24, 2.45) is 0 Å². The third kappa shape index (κ3) is 3.67. The molecule has 0 aliphatic heterocycles. The summed E-state index contributed by atoms with van der Waals surface area (Å²) in [5.41, 5.74) is 3.70. The third-order valence-electron chi connectivity index (χ3n) is 3.70. The molecular formula is C18H21FO. The van der Waals surface area contributed by atoms with E-state index < -0.39 is 5.60 Å². The highest BCUT2D eigenvalue weighted by molar-refractivity contribution is 5.35. The zero-order chi connectivity index (χ0) is 14.8. The standard InChI is InChI=1S/C18H21FO/c1-13-5-4-6-14(2)17(13)12-18(3,20)11-15-7-9-16(19)10-8-15/h4-10,20H,11-12H2,1-3H3. The summed E-state index contributed by atoms with van der Waals surface area (Å²) >= 11 is 0. The first kappa shape index (κ1) is 14.7. The minimum atomic E-state index is -0.839. The summed E-state index contributed by atoms with van der Waals surface area (Å²) in [6, 6.07) is 12.5. The highest BCUT2D eigenvalue weighted by Crippen LogP contribution is 2.23. The van der Waals surface area contributed by atoms with Gasteiger partial charge in [-0.15, -0.1) is 0 Å². The Bertz CT molecular complexity index is 565. The number of aliphatic hydroxyl groups is 1. The van der Waals surface area contributed by atoms with Gasteiger partial charge in [-0.3, -0.25) is 0 Å². The van der Waals surface area contributed by atoms with Gasteiger partial charge in [0.2, 0.25) is 0 Å². The molecule has 0 fully saturated rings. The van der Waals surface area contributed by atoms with Crippen LogP contribution in [0.1, 0.15) is 29.2 Å². The molecule has 106 valence electrons. The Kier molecular flexibility index (Phi) is 4.24. The van der Waals surface area contributed by atoms with Gasteiger partial charge >= 0.3 is 0 Å². The minimum Gasteiger partial charge on any atom is -0.389 e. The first-order valence-electron chi connectivity index (χ1n) is 6.89. The third-order valence-corrected chi connectivity index (χ3v) is 3.70. The molecule has 2 aromatic rings. The van der Waals surface area contributed by atoms with E-state index >= 15 is 0 Å². The molecule has 0 radical (unpaired) electrons. The lowest BCUT2D eigenvalue weighted by Gasteiger charge is -2.25. The van der Waals surface area contributed by atoms with E-state index in [2.05, 4.69) is 26.0 Å².